The van der Waals surface area contributed by atoms with Gasteiger partial charge >= 0.3 is 5.97 Å². The zero-order valence-electron chi connectivity index (χ0n) is 20.4. The fourth-order valence-corrected chi connectivity index (χ4v) is 4.99. The van der Waals surface area contributed by atoms with Crippen LogP contribution in [0.5, 0.6) is 11.5 Å². The van der Waals surface area contributed by atoms with Crippen molar-refractivity contribution >= 4 is 23.4 Å². The van der Waals surface area contributed by atoms with E-state index in [4.69, 9.17) is 14.2 Å². The molecule has 3 aromatic rings. The molecule has 2 heterocycles. The maximum Gasteiger partial charge on any atom is 0.338 e. The average molecular weight is 521 g/mol. The molecule has 9 heteroatoms. The molecule has 0 bridgehead atoms. The Morgan fingerprint density at radius 1 is 1.14 bits per heavy atom. The Bertz CT molecular complexity index is 1570. The van der Waals surface area contributed by atoms with E-state index in [1.807, 2.05) is 0 Å². The molecule has 1 unspecified atom stereocenters. The van der Waals surface area contributed by atoms with Crippen LogP contribution in [0.1, 0.15) is 24.1 Å². The molecule has 1 aliphatic rings. The van der Waals surface area contributed by atoms with Gasteiger partial charge in [-0.1, -0.05) is 54.8 Å². The molecule has 0 saturated carbocycles. The molecular formula is C28H25FN2O5S. The van der Waals surface area contributed by atoms with Gasteiger partial charge in [0.05, 0.1) is 29.0 Å². The highest BCUT2D eigenvalue weighted by Crippen LogP contribution is 2.36. The van der Waals surface area contributed by atoms with Gasteiger partial charge in [0, 0.05) is 0 Å². The molecule has 1 aromatic heterocycles. The van der Waals surface area contributed by atoms with Gasteiger partial charge < -0.3 is 14.2 Å². The second-order valence-corrected chi connectivity index (χ2v) is 9.04. The Morgan fingerprint density at radius 3 is 2.54 bits per heavy atom. The molecule has 0 radical (unpaired) electrons. The van der Waals surface area contributed by atoms with Crippen molar-refractivity contribution < 1.29 is 23.4 Å². The number of carbonyl (C=O) groups excluding carboxylic acids is 1. The average Bonchev–Trinajstić information content (AvgIpc) is 3.20. The van der Waals surface area contributed by atoms with Gasteiger partial charge in [-0.2, -0.15) is 0 Å². The summed E-state index contributed by atoms with van der Waals surface area (Å²) in [6.45, 7) is 9.25. The summed E-state index contributed by atoms with van der Waals surface area (Å²) in [6, 6.07) is 10.2. The third-order valence-electron chi connectivity index (χ3n) is 5.60. The molecule has 0 aliphatic carbocycles. The van der Waals surface area contributed by atoms with E-state index in [1.165, 1.54) is 41.2 Å². The van der Waals surface area contributed by atoms with E-state index in [9.17, 15) is 14.0 Å². The van der Waals surface area contributed by atoms with Gasteiger partial charge in [-0.15, -0.1) is 0 Å². The second-order valence-electron chi connectivity index (χ2n) is 8.03. The number of thiazole rings is 1. The quantitative estimate of drug-likeness (QED) is 0.318. The summed E-state index contributed by atoms with van der Waals surface area (Å²) in [7, 11) is 1.51. The molecule has 7 nitrogen and oxygen atoms in total. The van der Waals surface area contributed by atoms with Crippen LogP contribution in [0.2, 0.25) is 0 Å². The van der Waals surface area contributed by atoms with Crippen molar-refractivity contribution in [2.45, 2.75) is 13.0 Å². The van der Waals surface area contributed by atoms with E-state index in [-0.39, 0.29) is 30.2 Å². The summed E-state index contributed by atoms with van der Waals surface area (Å²) in [5, 5.41) is 0. The number of ether oxygens (including phenoxy) is 3. The zero-order chi connectivity index (χ0) is 26.5. The molecule has 1 aliphatic heterocycles. The van der Waals surface area contributed by atoms with Crippen LogP contribution >= 0.6 is 11.3 Å². The molecule has 0 fully saturated rings. The van der Waals surface area contributed by atoms with Gasteiger partial charge in [0.25, 0.3) is 5.56 Å². The fourth-order valence-electron chi connectivity index (χ4n) is 3.94. The van der Waals surface area contributed by atoms with E-state index in [1.54, 1.807) is 49.4 Å². The molecule has 0 spiro atoms. The molecule has 37 heavy (non-hydrogen) atoms. The first kappa shape index (κ1) is 25.8. The van der Waals surface area contributed by atoms with Crippen LogP contribution in [0.3, 0.4) is 0 Å². The van der Waals surface area contributed by atoms with Crippen LogP contribution < -0.4 is 24.4 Å². The number of rotatable bonds is 9. The number of esters is 1. The van der Waals surface area contributed by atoms with E-state index in [2.05, 4.69) is 18.2 Å². The van der Waals surface area contributed by atoms with E-state index >= 15 is 0 Å². The lowest BCUT2D eigenvalue weighted by Crippen LogP contribution is -2.40. The Balaban J connectivity index is 1.92. The minimum atomic E-state index is -0.828. The highest BCUT2D eigenvalue weighted by molar-refractivity contribution is 7.07. The lowest BCUT2D eigenvalue weighted by atomic mass is 9.95. The SMILES string of the molecule is C=CCOC(=O)C1=C(C)N=c2s/c(=C\c3ccc(F)cc3)c(=O)n2C1c1ccc(OCC=C)c(OC)c1. The number of methoxy groups -OCH3 is 1. The third kappa shape index (κ3) is 5.31. The first-order chi connectivity index (χ1) is 17.9. The summed E-state index contributed by atoms with van der Waals surface area (Å²) < 4.78 is 31.8. The zero-order valence-corrected chi connectivity index (χ0v) is 21.2. The minimum absolute atomic E-state index is 0.00890. The summed E-state index contributed by atoms with van der Waals surface area (Å²) in [5.41, 5.74) is 1.58. The van der Waals surface area contributed by atoms with Crippen molar-refractivity contribution in [1.29, 1.82) is 0 Å². The van der Waals surface area contributed by atoms with Crippen molar-refractivity contribution in [2.75, 3.05) is 20.3 Å². The second kappa shape index (κ2) is 11.2. The maximum absolute atomic E-state index is 13.7. The normalized spacial score (nSPS) is 15.0. The van der Waals surface area contributed by atoms with Gasteiger partial charge in [0.1, 0.15) is 19.0 Å². The van der Waals surface area contributed by atoms with Crippen molar-refractivity contribution in [2.24, 2.45) is 4.99 Å². The maximum atomic E-state index is 13.7. The number of fused-ring (bicyclic) bond motifs is 1. The number of aromatic nitrogens is 1. The Morgan fingerprint density at radius 2 is 1.86 bits per heavy atom. The molecule has 2 aromatic carbocycles. The lowest BCUT2D eigenvalue weighted by Gasteiger charge is -2.25. The van der Waals surface area contributed by atoms with E-state index in [0.717, 1.165) is 0 Å². The molecule has 0 N–H and O–H groups in total. The van der Waals surface area contributed by atoms with Gasteiger partial charge in [0.15, 0.2) is 16.3 Å². The van der Waals surface area contributed by atoms with Crippen molar-refractivity contribution in [3.63, 3.8) is 0 Å². The number of hydrogen-bond acceptors (Lipinski definition) is 7. The van der Waals surface area contributed by atoms with E-state index < -0.39 is 12.0 Å². The predicted octanol–water partition coefficient (Wildman–Crippen LogP) is 3.68. The van der Waals surface area contributed by atoms with Crippen molar-refractivity contribution in [1.82, 2.24) is 4.57 Å². The summed E-state index contributed by atoms with van der Waals surface area (Å²) in [6.07, 6.45) is 4.75. The van der Waals surface area contributed by atoms with Gasteiger partial charge in [-0.25, -0.2) is 14.2 Å². The number of hydrogen-bond donors (Lipinski definition) is 0. The third-order valence-corrected chi connectivity index (χ3v) is 6.58. The van der Waals surface area contributed by atoms with Crippen molar-refractivity contribution in [3.8, 4) is 11.5 Å². The smallest absolute Gasteiger partial charge is 0.338 e. The van der Waals surface area contributed by atoms with Gasteiger partial charge in [-0.05, 0) is 48.4 Å². The number of carbonyl (C=O) groups is 1. The van der Waals surface area contributed by atoms with Crippen LogP contribution in [0.4, 0.5) is 4.39 Å². The molecular weight excluding hydrogens is 495 g/mol. The summed E-state index contributed by atoms with van der Waals surface area (Å²) in [5.74, 6) is -0.0519. The Kier molecular flexibility index (Phi) is 7.83. The highest BCUT2D eigenvalue weighted by atomic mass is 32.1. The van der Waals surface area contributed by atoms with Crippen LogP contribution in [-0.2, 0) is 9.53 Å². The number of halogens is 1. The highest BCUT2D eigenvalue weighted by Gasteiger charge is 2.34. The fraction of sp³-hybridized carbons (Fsp3) is 0.179. The van der Waals surface area contributed by atoms with Gasteiger partial charge in [0.2, 0.25) is 0 Å². The Hall–Kier alpha value is -4.24. The number of benzene rings is 2. The Labute approximate surface area is 216 Å². The molecule has 0 saturated heterocycles. The van der Waals surface area contributed by atoms with E-state index in [0.29, 0.717) is 37.7 Å². The van der Waals surface area contributed by atoms with Gasteiger partial charge in [-0.3, -0.25) is 9.36 Å². The lowest BCUT2D eigenvalue weighted by molar-refractivity contribution is -0.138. The van der Waals surface area contributed by atoms with Crippen LogP contribution in [0.15, 0.2) is 88.8 Å². The largest absolute Gasteiger partial charge is 0.493 e. The first-order valence-electron chi connectivity index (χ1n) is 11.4. The van der Waals surface area contributed by atoms with Crippen LogP contribution in [0, 0.1) is 5.82 Å². The summed E-state index contributed by atoms with van der Waals surface area (Å²) >= 11 is 1.18. The number of nitrogens with zero attached hydrogens (tertiary/aromatic N) is 2. The number of allylic oxidation sites excluding steroid dienone is 1. The standard InChI is InChI=1S/C28H25FN2O5S/c1-5-13-35-21-12-9-19(16-22(21)34-4)25-24(27(33)36-14-6-2)17(3)30-28-31(25)26(32)23(37-28)15-18-7-10-20(29)11-8-18/h5-12,15-16,25H,1-2,13-14H2,3-4H3/b23-15-. The predicted molar refractivity (Wildman–Crippen MR) is 140 cm³/mol. The molecule has 1 atom stereocenters. The van der Waals surface area contributed by atoms with Crippen LogP contribution in [0.25, 0.3) is 6.08 Å². The van der Waals surface area contributed by atoms with Crippen molar-refractivity contribution in [3.05, 3.63) is 116 Å². The molecule has 0 amide bonds. The molecule has 4 rings (SSSR count). The van der Waals surface area contributed by atoms with Crippen LogP contribution in [-0.4, -0.2) is 30.9 Å². The monoisotopic (exact) mass is 520 g/mol. The topological polar surface area (TPSA) is 79.1 Å². The minimum Gasteiger partial charge on any atom is -0.493 e. The molecule has 190 valence electrons. The first-order valence-corrected chi connectivity index (χ1v) is 12.2. The summed E-state index contributed by atoms with van der Waals surface area (Å²) in [4.78, 5) is 31.8.